The normalized spacial score (nSPS) is 19.8. The zero-order chi connectivity index (χ0) is 11.3. The van der Waals surface area contributed by atoms with E-state index in [9.17, 15) is 0 Å². The van der Waals surface area contributed by atoms with Crippen LogP contribution in [0.15, 0.2) is 0 Å². The third kappa shape index (κ3) is 4.90. The van der Waals surface area contributed by atoms with Gasteiger partial charge in [0.2, 0.25) is 0 Å². The highest BCUT2D eigenvalue weighted by Crippen LogP contribution is 2.25. The van der Waals surface area contributed by atoms with Gasteiger partial charge in [-0.1, -0.05) is 6.42 Å². The molecule has 0 aromatic carbocycles. The summed E-state index contributed by atoms with van der Waals surface area (Å²) in [7, 11) is 0. The zero-order valence-electron chi connectivity index (χ0n) is 9.81. The van der Waals surface area contributed by atoms with E-state index in [2.05, 4.69) is 18.7 Å². The molecule has 0 bridgehead atoms. The van der Waals surface area contributed by atoms with Crippen molar-refractivity contribution in [3.63, 3.8) is 0 Å². The Morgan fingerprint density at radius 2 is 1.73 bits per heavy atom. The van der Waals surface area contributed by atoms with Crippen molar-refractivity contribution in [3.8, 4) is 0 Å². The smallest absolute Gasteiger partial charge is 0.0470 e. The van der Waals surface area contributed by atoms with Gasteiger partial charge in [0.25, 0.3) is 0 Å². The SMILES string of the molecule is CC(C)(CCCN1CCCCC1)N(Cl)Cl. The molecule has 0 radical (unpaired) electrons. The molecule has 0 aromatic rings. The Morgan fingerprint density at radius 1 is 1.13 bits per heavy atom. The predicted molar refractivity (Wildman–Crippen MR) is 67.1 cm³/mol. The first-order valence-electron chi connectivity index (χ1n) is 5.86. The van der Waals surface area contributed by atoms with Gasteiger partial charge in [0.05, 0.1) is 0 Å². The summed E-state index contributed by atoms with van der Waals surface area (Å²) in [5.74, 6) is 0. The van der Waals surface area contributed by atoms with Gasteiger partial charge in [-0.2, -0.15) is 0 Å². The average molecular weight is 253 g/mol. The van der Waals surface area contributed by atoms with Crippen LogP contribution in [0.1, 0.15) is 46.0 Å². The number of hydrogen-bond donors (Lipinski definition) is 0. The molecule has 1 saturated heterocycles. The summed E-state index contributed by atoms with van der Waals surface area (Å²) in [5, 5.41) is 0. The minimum absolute atomic E-state index is 0.112. The summed E-state index contributed by atoms with van der Waals surface area (Å²) in [4.78, 5) is 2.55. The van der Waals surface area contributed by atoms with Crippen molar-refractivity contribution in [2.45, 2.75) is 51.5 Å². The number of hydrogen-bond acceptors (Lipinski definition) is 2. The fourth-order valence-electron chi connectivity index (χ4n) is 2.00. The van der Waals surface area contributed by atoms with Gasteiger partial charge in [0.15, 0.2) is 0 Å². The molecule has 0 aromatic heterocycles. The van der Waals surface area contributed by atoms with Crippen LogP contribution in [0.4, 0.5) is 0 Å². The van der Waals surface area contributed by atoms with Crippen LogP contribution in [-0.2, 0) is 0 Å². The second-order valence-corrected chi connectivity index (χ2v) is 5.90. The molecule has 1 aliphatic rings. The van der Waals surface area contributed by atoms with Crippen LogP contribution in [0.25, 0.3) is 0 Å². The first-order valence-corrected chi connectivity index (χ1v) is 6.54. The fraction of sp³-hybridized carbons (Fsp3) is 1.00. The number of nitrogens with zero attached hydrogens (tertiary/aromatic N) is 2. The molecule has 0 saturated carbocycles. The molecule has 0 atom stereocenters. The van der Waals surface area contributed by atoms with Crippen LogP contribution >= 0.6 is 23.6 Å². The van der Waals surface area contributed by atoms with E-state index in [4.69, 9.17) is 23.6 Å². The van der Waals surface area contributed by atoms with Crippen LogP contribution in [0.3, 0.4) is 0 Å². The summed E-state index contributed by atoms with van der Waals surface area (Å²) in [5.41, 5.74) is -0.112. The van der Waals surface area contributed by atoms with Crippen molar-refractivity contribution in [1.82, 2.24) is 8.84 Å². The second kappa shape index (κ2) is 6.29. The van der Waals surface area contributed by atoms with Crippen molar-refractivity contribution >= 4 is 23.6 Å². The summed E-state index contributed by atoms with van der Waals surface area (Å²) < 4.78 is 1.28. The number of rotatable bonds is 5. The Hall–Kier alpha value is 0.500. The number of likely N-dealkylation sites (tertiary alicyclic amines) is 1. The van der Waals surface area contributed by atoms with Gasteiger partial charge < -0.3 is 4.90 Å². The molecular formula is C11H22Cl2N2. The molecule has 0 amide bonds. The maximum absolute atomic E-state index is 5.78. The molecular weight excluding hydrogens is 231 g/mol. The lowest BCUT2D eigenvalue weighted by atomic mass is 9.99. The third-order valence-corrected chi connectivity index (χ3v) is 4.08. The molecule has 2 nitrogen and oxygen atoms in total. The summed E-state index contributed by atoms with van der Waals surface area (Å²) in [6.07, 6.45) is 6.33. The van der Waals surface area contributed by atoms with Crippen LogP contribution in [0.2, 0.25) is 0 Å². The van der Waals surface area contributed by atoms with Gasteiger partial charge in [0, 0.05) is 5.54 Å². The van der Waals surface area contributed by atoms with Crippen molar-refractivity contribution in [2.24, 2.45) is 0 Å². The largest absolute Gasteiger partial charge is 0.303 e. The van der Waals surface area contributed by atoms with Crippen LogP contribution < -0.4 is 0 Å². The Kier molecular flexibility index (Phi) is 5.69. The molecule has 0 aliphatic carbocycles. The molecule has 1 aliphatic heterocycles. The maximum atomic E-state index is 5.78. The van der Waals surface area contributed by atoms with Crippen molar-refractivity contribution < 1.29 is 0 Å². The van der Waals surface area contributed by atoms with E-state index in [1.807, 2.05) is 0 Å². The maximum Gasteiger partial charge on any atom is 0.0470 e. The molecule has 0 spiro atoms. The van der Waals surface area contributed by atoms with Crippen LogP contribution in [-0.4, -0.2) is 34.0 Å². The van der Waals surface area contributed by atoms with Gasteiger partial charge in [-0.05, 0) is 82.7 Å². The van der Waals surface area contributed by atoms with Gasteiger partial charge in [0.1, 0.15) is 0 Å². The van der Waals surface area contributed by atoms with Crippen molar-refractivity contribution in [1.29, 1.82) is 0 Å². The predicted octanol–water partition coefficient (Wildman–Crippen LogP) is 3.64. The standard InChI is InChI=1S/C11H22Cl2N2/c1-11(2,15(12)13)7-6-10-14-8-4-3-5-9-14/h3-10H2,1-2H3. The fourth-order valence-corrected chi connectivity index (χ4v) is 2.17. The highest BCUT2D eigenvalue weighted by molar-refractivity contribution is 6.34. The molecule has 15 heavy (non-hydrogen) atoms. The average Bonchev–Trinajstić information content (AvgIpc) is 2.19. The molecule has 1 fully saturated rings. The lowest BCUT2D eigenvalue weighted by molar-refractivity contribution is 0.210. The zero-order valence-corrected chi connectivity index (χ0v) is 11.3. The summed E-state index contributed by atoms with van der Waals surface area (Å²) in [6, 6.07) is 0. The van der Waals surface area contributed by atoms with E-state index in [0.717, 1.165) is 6.42 Å². The van der Waals surface area contributed by atoms with Gasteiger partial charge in [-0.25, -0.2) is 0 Å². The number of piperidine rings is 1. The Balaban J connectivity index is 2.14. The first-order chi connectivity index (χ1) is 7.02. The van der Waals surface area contributed by atoms with Gasteiger partial charge in [-0.3, -0.25) is 0 Å². The van der Waals surface area contributed by atoms with Gasteiger partial charge >= 0.3 is 0 Å². The first kappa shape index (κ1) is 13.6. The summed E-state index contributed by atoms with van der Waals surface area (Å²) in [6.45, 7) is 7.87. The van der Waals surface area contributed by atoms with Gasteiger partial charge in [-0.15, -0.1) is 3.94 Å². The second-order valence-electron chi connectivity index (χ2n) is 5.05. The Bertz CT molecular complexity index is 177. The van der Waals surface area contributed by atoms with Crippen LogP contribution in [0, 0.1) is 0 Å². The highest BCUT2D eigenvalue weighted by atomic mass is 35.5. The van der Waals surface area contributed by atoms with E-state index in [0.29, 0.717) is 0 Å². The van der Waals surface area contributed by atoms with E-state index in [1.54, 1.807) is 0 Å². The molecule has 0 N–H and O–H groups in total. The minimum Gasteiger partial charge on any atom is -0.303 e. The Labute approximate surface area is 104 Å². The van der Waals surface area contributed by atoms with Crippen molar-refractivity contribution in [2.75, 3.05) is 19.6 Å². The lowest BCUT2D eigenvalue weighted by Crippen LogP contribution is -2.34. The highest BCUT2D eigenvalue weighted by Gasteiger charge is 2.24. The molecule has 90 valence electrons. The molecule has 1 heterocycles. The van der Waals surface area contributed by atoms with E-state index in [1.165, 1.54) is 49.3 Å². The van der Waals surface area contributed by atoms with E-state index in [-0.39, 0.29) is 5.54 Å². The summed E-state index contributed by atoms with van der Waals surface area (Å²) >= 11 is 11.6. The van der Waals surface area contributed by atoms with E-state index < -0.39 is 0 Å². The molecule has 0 unspecified atom stereocenters. The number of halogens is 2. The van der Waals surface area contributed by atoms with Crippen molar-refractivity contribution in [3.05, 3.63) is 0 Å². The topological polar surface area (TPSA) is 6.48 Å². The molecule has 4 heteroatoms. The van der Waals surface area contributed by atoms with E-state index >= 15 is 0 Å². The lowest BCUT2D eigenvalue weighted by Gasteiger charge is -2.30. The monoisotopic (exact) mass is 252 g/mol. The van der Waals surface area contributed by atoms with Crippen LogP contribution in [0.5, 0.6) is 0 Å². The molecule has 1 rings (SSSR count). The Morgan fingerprint density at radius 3 is 2.27 bits per heavy atom. The quantitative estimate of drug-likeness (QED) is 0.690. The minimum atomic E-state index is -0.112. The third-order valence-electron chi connectivity index (χ3n) is 3.17.